The van der Waals surface area contributed by atoms with Gasteiger partial charge in [-0.15, -0.1) is 0 Å². The first-order valence-electron chi connectivity index (χ1n) is 8.33. The molecular weight excluding hydrogens is 386 g/mol. The fraction of sp³-hybridized carbons (Fsp3) is 0.0476. The highest BCUT2D eigenvalue weighted by Crippen LogP contribution is 2.33. The predicted molar refractivity (Wildman–Crippen MR) is 104 cm³/mol. The third kappa shape index (κ3) is 3.23. The first-order chi connectivity index (χ1) is 13.4. The number of benzene rings is 3. The molecule has 4 nitrogen and oxygen atoms in total. The molecule has 0 bridgehead atoms. The average molecular weight is 399 g/mol. The maximum Gasteiger partial charge on any atom is 0.261 e. The largest absolute Gasteiger partial charge is 0.443 e. The number of anilines is 1. The van der Waals surface area contributed by atoms with Crippen LogP contribution in [-0.2, 0) is 0 Å². The number of nitrogens with one attached hydrogen (secondary N) is 1. The Balaban J connectivity index is 1.66. The van der Waals surface area contributed by atoms with Gasteiger partial charge in [0, 0.05) is 17.3 Å². The summed E-state index contributed by atoms with van der Waals surface area (Å²) in [5.41, 5.74) is 3.34. The first-order valence-corrected chi connectivity index (χ1v) is 8.71. The smallest absolute Gasteiger partial charge is 0.261 e. The summed E-state index contributed by atoms with van der Waals surface area (Å²) in [4.78, 5) is 16.4. The van der Waals surface area contributed by atoms with Crippen LogP contribution in [0.4, 0.5) is 14.5 Å². The second kappa shape index (κ2) is 7.05. The van der Waals surface area contributed by atoms with Crippen LogP contribution < -0.4 is 5.32 Å². The minimum absolute atomic E-state index is 0.440. The molecule has 0 saturated carbocycles. The van der Waals surface area contributed by atoms with Crippen LogP contribution in [0.3, 0.4) is 0 Å². The van der Waals surface area contributed by atoms with Crippen molar-refractivity contribution in [3.05, 3.63) is 82.7 Å². The number of fused-ring (bicyclic) bond motifs is 1. The van der Waals surface area contributed by atoms with Gasteiger partial charge in [-0.05, 0) is 48.4 Å². The molecule has 4 aromatic rings. The molecule has 1 heterocycles. The summed E-state index contributed by atoms with van der Waals surface area (Å²) in [6.07, 6.45) is 1.34. The second-order valence-corrected chi connectivity index (χ2v) is 6.64. The van der Waals surface area contributed by atoms with E-state index in [-0.39, 0.29) is 0 Å². The minimum atomic E-state index is -0.917. The van der Waals surface area contributed by atoms with E-state index in [0.717, 1.165) is 23.3 Å². The highest BCUT2D eigenvalue weighted by atomic mass is 35.5. The van der Waals surface area contributed by atoms with Crippen molar-refractivity contribution in [3.8, 4) is 11.1 Å². The number of nitrogens with zero attached hydrogens (tertiary/aromatic N) is 1. The molecule has 0 fully saturated rings. The summed E-state index contributed by atoms with van der Waals surface area (Å²) in [5, 5.41) is 3.04. The van der Waals surface area contributed by atoms with E-state index < -0.39 is 23.1 Å². The van der Waals surface area contributed by atoms with Gasteiger partial charge >= 0.3 is 0 Å². The fourth-order valence-corrected chi connectivity index (χ4v) is 3.23. The molecule has 3 aromatic carbocycles. The van der Waals surface area contributed by atoms with Crippen molar-refractivity contribution in [2.45, 2.75) is 6.92 Å². The molecule has 0 unspecified atom stereocenters. The van der Waals surface area contributed by atoms with Crippen LogP contribution in [0.15, 0.2) is 59.3 Å². The van der Waals surface area contributed by atoms with E-state index in [2.05, 4.69) is 10.3 Å². The lowest BCUT2D eigenvalue weighted by Gasteiger charge is -2.12. The van der Waals surface area contributed by atoms with Gasteiger partial charge in [0.2, 0.25) is 0 Å². The molecular formula is C21H13ClF2N2O2. The third-order valence-corrected chi connectivity index (χ3v) is 4.71. The topological polar surface area (TPSA) is 55.1 Å². The summed E-state index contributed by atoms with van der Waals surface area (Å²) < 4.78 is 32.8. The Morgan fingerprint density at radius 1 is 1.11 bits per heavy atom. The summed E-state index contributed by atoms with van der Waals surface area (Å²) in [7, 11) is 0. The zero-order valence-electron chi connectivity index (χ0n) is 14.6. The van der Waals surface area contributed by atoms with E-state index >= 15 is 0 Å². The van der Waals surface area contributed by atoms with Crippen molar-refractivity contribution in [1.82, 2.24) is 4.98 Å². The summed E-state index contributed by atoms with van der Waals surface area (Å²) in [5.74, 6) is -2.69. The SMILES string of the molecule is Cc1cc(-c2cc3ncoc3cc2Cl)ccc1NC(=O)c1c(F)cccc1F. The molecule has 0 saturated heterocycles. The number of carbonyl (C=O) groups excluding carboxylic acids is 1. The number of oxazole rings is 1. The molecule has 4 rings (SSSR count). The Bertz CT molecular complexity index is 1200. The second-order valence-electron chi connectivity index (χ2n) is 6.23. The van der Waals surface area contributed by atoms with Gasteiger partial charge in [-0.1, -0.05) is 23.7 Å². The van der Waals surface area contributed by atoms with E-state index in [9.17, 15) is 13.6 Å². The van der Waals surface area contributed by atoms with E-state index in [1.165, 1.54) is 12.5 Å². The predicted octanol–water partition coefficient (Wildman–Crippen LogP) is 5.99. The van der Waals surface area contributed by atoms with Gasteiger partial charge < -0.3 is 9.73 Å². The van der Waals surface area contributed by atoms with Crippen LogP contribution in [-0.4, -0.2) is 10.9 Å². The molecule has 1 amide bonds. The van der Waals surface area contributed by atoms with E-state index in [1.807, 2.05) is 12.1 Å². The lowest BCUT2D eigenvalue weighted by atomic mass is 10.0. The van der Waals surface area contributed by atoms with Crippen molar-refractivity contribution in [2.75, 3.05) is 5.32 Å². The number of aromatic nitrogens is 1. The van der Waals surface area contributed by atoms with Crippen molar-refractivity contribution < 1.29 is 18.0 Å². The highest BCUT2D eigenvalue weighted by Gasteiger charge is 2.18. The van der Waals surface area contributed by atoms with Gasteiger partial charge in [-0.25, -0.2) is 13.8 Å². The maximum absolute atomic E-state index is 13.8. The van der Waals surface area contributed by atoms with Gasteiger partial charge in [-0.3, -0.25) is 4.79 Å². The molecule has 140 valence electrons. The van der Waals surface area contributed by atoms with Crippen LogP contribution in [0.1, 0.15) is 15.9 Å². The van der Waals surface area contributed by atoms with Gasteiger partial charge in [-0.2, -0.15) is 0 Å². The van der Waals surface area contributed by atoms with Crippen molar-refractivity contribution in [3.63, 3.8) is 0 Å². The van der Waals surface area contributed by atoms with Crippen LogP contribution in [0, 0.1) is 18.6 Å². The standard InChI is InChI=1S/C21H13ClF2N2O2/c1-11-7-12(13-8-18-19(9-14(13)22)28-10-25-18)5-6-17(11)26-21(27)20-15(23)3-2-4-16(20)24/h2-10H,1H3,(H,26,27). The Kier molecular flexibility index (Phi) is 4.57. The Labute approximate surface area is 163 Å². The number of rotatable bonds is 3. The van der Waals surface area contributed by atoms with E-state index in [4.69, 9.17) is 16.0 Å². The number of carbonyl (C=O) groups is 1. The summed E-state index contributed by atoms with van der Waals surface area (Å²) >= 11 is 6.35. The maximum atomic E-state index is 13.8. The van der Waals surface area contributed by atoms with Crippen molar-refractivity contribution >= 4 is 34.3 Å². The van der Waals surface area contributed by atoms with Gasteiger partial charge in [0.05, 0.1) is 5.02 Å². The average Bonchev–Trinajstić information content (AvgIpc) is 3.10. The molecule has 1 N–H and O–H groups in total. The number of halogens is 3. The zero-order valence-corrected chi connectivity index (χ0v) is 15.3. The van der Waals surface area contributed by atoms with Crippen LogP contribution >= 0.6 is 11.6 Å². The molecule has 0 aliphatic carbocycles. The Morgan fingerprint density at radius 2 is 1.86 bits per heavy atom. The lowest BCUT2D eigenvalue weighted by molar-refractivity contribution is 0.101. The normalized spacial score (nSPS) is 11.0. The number of hydrogen-bond donors (Lipinski definition) is 1. The molecule has 0 aliphatic heterocycles. The van der Waals surface area contributed by atoms with Crippen LogP contribution in [0.25, 0.3) is 22.2 Å². The Hall–Kier alpha value is -3.25. The minimum Gasteiger partial charge on any atom is -0.443 e. The van der Waals surface area contributed by atoms with E-state index in [0.29, 0.717) is 27.4 Å². The summed E-state index contributed by atoms with van der Waals surface area (Å²) in [6, 6.07) is 12.0. The number of aryl methyl sites for hydroxylation is 1. The van der Waals surface area contributed by atoms with E-state index in [1.54, 1.807) is 25.1 Å². The quantitative estimate of drug-likeness (QED) is 0.461. The molecule has 0 atom stereocenters. The molecule has 1 aromatic heterocycles. The van der Waals surface area contributed by atoms with Gasteiger partial charge in [0.1, 0.15) is 22.7 Å². The monoisotopic (exact) mass is 398 g/mol. The van der Waals surface area contributed by atoms with Crippen LogP contribution in [0.2, 0.25) is 5.02 Å². The molecule has 0 spiro atoms. The zero-order chi connectivity index (χ0) is 19.8. The summed E-state index contributed by atoms with van der Waals surface area (Å²) in [6.45, 7) is 1.78. The first kappa shape index (κ1) is 18.1. The van der Waals surface area contributed by atoms with Crippen molar-refractivity contribution in [1.29, 1.82) is 0 Å². The molecule has 28 heavy (non-hydrogen) atoms. The van der Waals surface area contributed by atoms with Gasteiger partial charge in [0.15, 0.2) is 12.0 Å². The van der Waals surface area contributed by atoms with Crippen molar-refractivity contribution in [2.24, 2.45) is 0 Å². The highest BCUT2D eigenvalue weighted by molar-refractivity contribution is 6.34. The molecule has 0 radical (unpaired) electrons. The Morgan fingerprint density at radius 3 is 2.57 bits per heavy atom. The number of amides is 1. The fourth-order valence-electron chi connectivity index (χ4n) is 2.97. The van der Waals surface area contributed by atoms with Gasteiger partial charge in [0.25, 0.3) is 5.91 Å². The third-order valence-electron chi connectivity index (χ3n) is 4.40. The lowest BCUT2D eigenvalue weighted by Crippen LogP contribution is -2.16. The molecule has 7 heteroatoms. The number of hydrogen-bond acceptors (Lipinski definition) is 3. The molecule has 0 aliphatic rings. The van der Waals surface area contributed by atoms with Crippen LogP contribution in [0.5, 0.6) is 0 Å².